The third kappa shape index (κ3) is 3.18. The zero-order chi connectivity index (χ0) is 13.6. The summed E-state index contributed by atoms with van der Waals surface area (Å²) in [5.41, 5.74) is 2.11. The Morgan fingerprint density at radius 2 is 1.60 bits per heavy atom. The van der Waals surface area contributed by atoms with Gasteiger partial charge in [0.15, 0.2) is 6.29 Å². The van der Waals surface area contributed by atoms with Gasteiger partial charge in [-0.25, -0.2) is 0 Å². The highest BCUT2D eigenvalue weighted by Gasteiger charge is 2.20. The quantitative estimate of drug-likeness (QED) is 0.847. The van der Waals surface area contributed by atoms with Gasteiger partial charge in [0.05, 0.1) is 13.2 Å². The second-order valence-electron chi connectivity index (χ2n) is 4.74. The highest BCUT2D eigenvalue weighted by Crippen LogP contribution is 2.31. The second-order valence-corrected chi connectivity index (χ2v) is 4.74. The molecule has 0 radical (unpaired) electrons. The zero-order valence-electron chi connectivity index (χ0n) is 11.3. The molecule has 20 heavy (non-hydrogen) atoms. The molecule has 3 heteroatoms. The third-order valence-corrected chi connectivity index (χ3v) is 3.24. The first kappa shape index (κ1) is 13.2. The third-order valence-electron chi connectivity index (χ3n) is 3.24. The van der Waals surface area contributed by atoms with Crippen LogP contribution in [0.2, 0.25) is 0 Å². The summed E-state index contributed by atoms with van der Waals surface area (Å²) >= 11 is 0. The highest BCUT2D eigenvalue weighted by atomic mass is 16.7. The molecule has 1 aliphatic heterocycles. The van der Waals surface area contributed by atoms with Crippen LogP contribution in [0.3, 0.4) is 0 Å². The van der Waals surface area contributed by atoms with E-state index in [1.165, 1.54) is 0 Å². The maximum absolute atomic E-state index is 5.92. The van der Waals surface area contributed by atoms with E-state index in [1.807, 2.05) is 42.5 Å². The van der Waals surface area contributed by atoms with Crippen molar-refractivity contribution in [3.63, 3.8) is 0 Å². The van der Waals surface area contributed by atoms with Crippen LogP contribution in [-0.2, 0) is 16.1 Å². The van der Waals surface area contributed by atoms with Crippen molar-refractivity contribution >= 4 is 0 Å². The lowest BCUT2D eigenvalue weighted by atomic mass is 10.2. The topological polar surface area (TPSA) is 27.7 Å². The number of ether oxygens (including phenoxy) is 3. The van der Waals surface area contributed by atoms with E-state index in [2.05, 4.69) is 12.1 Å². The van der Waals surface area contributed by atoms with Crippen molar-refractivity contribution < 1.29 is 14.2 Å². The fraction of sp³-hybridized carbons (Fsp3) is 0.294. The molecular formula is C17H18O3. The van der Waals surface area contributed by atoms with Crippen molar-refractivity contribution in [2.75, 3.05) is 13.2 Å². The van der Waals surface area contributed by atoms with Crippen LogP contribution >= 0.6 is 0 Å². The van der Waals surface area contributed by atoms with Crippen LogP contribution in [0.25, 0.3) is 0 Å². The van der Waals surface area contributed by atoms with Crippen LogP contribution in [0.15, 0.2) is 54.6 Å². The molecule has 3 nitrogen and oxygen atoms in total. The normalized spacial score (nSPS) is 16.0. The molecule has 2 aromatic carbocycles. The van der Waals surface area contributed by atoms with Crippen LogP contribution in [0.1, 0.15) is 23.8 Å². The Balaban J connectivity index is 1.72. The molecule has 0 unspecified atom stereocenters. The van der Waals surface area contributed by atoms with Crippen LogP contribution in [-0.4, -0.2) is 13.2 Å². The van der Waals surface area contributed by atoms with Crippen molar-refractivity contribution in [3.05, 3.63) is 65.7 Å². The molecule has 0 atom stereocenters. The summed E-state index contributed by atoms with van der Waals surface area (Å²) in [4.78, 5) is 0. The molecule has 1 saturated heterocycles. The van der Waals surface area contributed by atoms with Gasteiger partial charge < -0.3 is 14.2 Å². The minimum atomic E-state index is -0.310. The molecule has 0 spiro atoms. The SMILES string of the molecule is c1ccc(COc2ccccc2C2OCCCO2)cc1. The summed E-state index contributed by atoms with van der Waals surface area (Å²) in [6, 6.07) is 18.0. The molecule has 1 fully saturated rings. The fourth-order valence-corrected chi connectivity index (χ4v) is 2.21. The molecular weight excluding hydrogens is 252 g/mol. The second kappa shape index (κ2) is 6.55. The average molecular weight is 270 g/mol. The van der Waals surface area contributed by atoms with E-state index in [4.69, 9.17) is 14.2 Å². The molecule has 0 bridgehead atoms. The molecule has 3 rings (SSSR count). The van der Waals surface area contributed by atoms with Crippen LogP contribution < -0.4 is 4.74 Å². The van der Waals surface area contributed by atoms with E-state index in [0.717, 1.165) is 36.5 Å². The van der Waals surface area contributed by atoms with Gasteiger partial charge in [0.2, 0.25) is 0 Å². The van der Waals surface area contributed by atoms with E-state index in [9.17, 15) is 0 Å². The van der Waals surface area contributed by atoms with Gasteiger partial charge in [0, 0.05) is 5.56 Å². The van der Waals surface area contributed by atoms with E-state index in [-0.39, 0.29) is 6.29 Å². The van der Waals surface area contributed by atoms with Crippen LogP contribution in [0.5, 0.6) is 5.75 Å². The Morgan fingerprint density at radius 3 is 2.40 bits per heavy atom. The van der Waals surface area contributed by atoms with E-state index in [0.29, 0.717) is 6.61 Å². The van der Waals surface area contributed by atoms with Crippen molar-refractivity contribution in [2.45, 2.75) is 19.3 Å². The first-order valence-corrected chi connectivity index (χ1v) is 6.92. The van der Waals surface area contributed by atoms with Gasteiger partial charge in [-0.2, -0.15) is 0 Å². The van der Waals surface area contributed by atoms with Crippen LogP contribution in [0.4, 0.5) is 0 Å². The summed E-state index contributed by atoms with van der Waals surface area (Å²) in [6.07, 6.45) is 0.638. The summed E-state index contributed by atoms with van der Waals surface area (Å²) in [5, 5.41) is 0. The Labute approximate surface area is 119 Å². The monoisotopic (exact) mass is 270 g/mol. The Kier molecular flexibility index (Phi) is 4.31. The minimum Gasteiger partial charge on any atom is -0.488 e. The van der Waals surface area contributed by atoms with Gasteiger partial charge in [0.1, 0.15) is 12.4 Å². The largest absolute Gasteiger partial charge is 0.488 e. The lowest BCUT2D eigenvalue weighted by Gasteiger charge is -2.25. The predicted octanol–water partition coefficient (Wildman–Crippen LogP) is 3.70. The van der Waals surface area contributed by atoms with E-state index < -0.39 is 0 Å². The molecule has 0 aromatic heterocycles. The molecule has 0 N–H and O–H groups in total. The van der Waals surface area contributed by atoms with Gasteiger partial charge in [-0.3, -0.25) is 0 Å². The van der Waals surface area contributed by atoms with Crippen molar-refractivity contribution in [1.82, 2.24) is 0 Å². The summed E-state index contributed by atoms with van der Waals surface area (Å²) in [6.45, 7) is 2.01. The van der Waals surface area contributed by atoms with Gasteiger partial charge in [-0.05, 0) is 18.1 Å². The van der Waals surface area contributed by atoms with Gasteiger partial charge >= 0.3 is 0 Å². The maximum Gasteiger partial charge on any atom is 0.187 e. The Bertz CT molecular complexity index is 533. The summed E-state index contributed by atoms with van der Waals surface area (Å²) < 4.78 is 17.2. The Morgan fingerprint density at radius 1 is 0.900 bits per heavy atom. The van der Waals surface area contributed by atoms with E-state index >= 15 is 0 Å². The minimum absolute atomic E-state index is 0.310. The maximum atomic E-state index is 5.92. The number of hydrogen-bond donors (Lipinski definition) is 0. The first-order valence-electron chi connectivity index (χ1n) is 6.92. The lowest BCUT2D eigenvalue weighted by Crippen LogP contribution is -2.18. The first-order chi connectivity index (χ1) is 9.93. The van der Waals surface area contributed by atoms with Gasteiger partial charge in [-0.15, -0.1) is 0 Å². The molecule has 0 aliphatic carbocycles. The van der Waals surface area contributed by atoms with Gasteiger partial charge in [0.25, 0.3) is 0 Å². The van der Waals surface area contributed by atoms with Crippen LogP contribution in [0, 0.1) is 0 Å². The van der Waals surface area contributed by atoms with E-state index in [1.54, 1.807) is 0 Å². The predicted molar refractivity (Wildman–Crippen MR) is 76.5 cm³/mol. The summed E-state index contributed by atoms with van der Waals surface area (Å²) in [5.74, 6) is 0.822. The molecule has 1 heterocycles. The van der Waals surface area contributed by atoms with Crippen molar-refractivity contribution in [3.8, 4) is 5.75 Å². The smallest absolute Gasteiger partial charge is 0.187 e. The molecule has 2 aromatic rings. The molecule has 1 aliphatic rings. The van der Waals surface area contributed by atoms with Crippen molar-refractivity contribution in [2.24, 2.45) is 0 Å². The van der Waals surface area contributed by atoms with Gasteiger partial charge in [-0.1, -0.05) is 48.5 Å². The zero-order valence-corrected chi connectivity index (χ0v) is 11.3. The Hall–Kier alpha value is -1.84. The average Bonchev–Trinajstić information content (AvgIpc) is 2.55. The fourth-order valence-electron chi connectivity index (χ4n) is 2.21. The standard InChI is InChI=1S/C17H18O3/c1-2-7-14(8-3-1)13-20-16-10-5-4-9-15(16)17-18-11-6-12-19-17/h1-5,7-10,17H,6,11-13H2. The highest BCUT2D eigenvalue weighted by molar-refractivity contribution is 5.34. The molecule has 104 valence electrons. The number of rotatable bonds is 4. The summed E-state index contributed by atoms with van der Waals surface area (Å²) in [7, 11) is 0. The van der Waals surface area contributed by atoms with Crippen molar-refractivity contribution in [1.29, 1.82) is 0 Å². The number of para-hydroxylation sites is 1. The molecule has 0 saturated carbocycles. The number of hydrogen-bond acceptors (Lipinski definition) is 3. The molecule has 0 amide bonds. The number of benzene rings is 2. The lowest BCUT2D eigenvalue weighted by molar-refractivity contribution is -0.183.